The molecule has 0 aromatic carbocycles. The standard InChI is InChI=1S/C11H20N2O/c1-5-6-8(2)12-7-11-9(3)13-14-10(11)4/h8,12H,5-7H2,1-4H3. The summed E-state index contributed by atoms with van der Waals surface area (Å²) in [6.45, 7) is 9.22. The highest BCUT2D eigenvalue weighted by atomic mass is 16.5. The van der Waals surface area contributed by atoms with Gasteiger partial charge in [-0.15, -0.1) is 0 Å². The lowest BCUT2D eigenvalue weighted by molar-refractivity contribution is 0.391. The van der Waals surface area contributed by atoms with E-state index in [2.05, 4.69) is 24.3 Å². The minimum absolute atomic E-state index is 0.564. The van der Waals surface area contributed by atoms with Crippen molar-refractivity contribution in [3.63, 3.8) is 0 Å². The Hall–Kier alpha value is -0.830. The van der Waals surface area contributed by atoms with E-state index < -0.39 is 0 Å². The van der Waals surface area contributed by atoms with Gasteiger partial charge < -0.3 is 9.84 Å². The fraction of sp³-hybridized carbons (Fsp3) is 0.727. The zero-order chi connectivity index (χ0) is 10.6. The van der Waals surface area contributed by atoms with Crippen LogP contribution in [-0.4, -0.2) is 11.2 Å². The summed E-state index contributed by atoms with van der Waals surface area (Å²) in [5, 5.41) is 7.39. The summed E-state index contributed by atoms with van der Waals surface area (Å²) in [6.07, 6.45) is 2.43. The lowest BCUT2D eigenvalue weighted by Crippen LogP contribution is -2.25. The molecular weight excluding hydrogens is 176 g/mol. The van der Waals surface area contributed by atoms with Gasteiger partial charge in [0.15, 0.2) is 0 Å². The minimum Gasteiger partial charge on any atom is -0.361 e. The molecule has 1 rings (SSSR count). The summed E-state index contributed by atoms with van der Waals surface area (Å²) in [7, 11) is 0. The molecule has 1 atom stereocenters. The highest BCUT2D eigenvalue weighted by Crippen LogP contribution is 2.12. The van der Waals surface area contributed by atoms with Crippen molar-refractivity contribution < 1.29 is 4.52 Å². The quantitative estimate of drug-likeness (QED) is 0.786. The second-order valence-electron chi connectivity index (χ2n) is 3.87. The van der Waals surface area contributed by atoms with Crippen LogP contribution in [-0.2, 0) is 6.54 Å². The van der Waals surface area contributed by atoms with E-state index in [1.54, 1.807) is 0 Å². The first kappa shape index (κ1) is 11.2. The fourth-order valence-corrected chi connectivity index (χ4v) is 1.57. The maximum atomic E-state index is 5.10. The lowest BCUT2D eigenvalue weighted by Gasteiger charge is -2.11. The molecule has 14 heavy (non-hydrogen) atoms. The van der Waals surface area contributed by atoms with Crippen molar-refractivity contribution in [2.24, 2.45) is 0 Å². The fourth-order valence-electron chi connectivity index (χ4n) is 1.57. The molecule has 80 valence electrons. The van der Waals surface area contributed by atoms with Crippen molar-refractivity contribution in [3.8, 4) is 0 Å². The van der Waals surface area contributed by atoms with Crippen LogP contribution in [0.3, 0.4) is 0 Å². The molecule has 0 radical (unpaired) electrons. The zero-order valence-corrected chi connectivity index (χ0v) is 9.55. The number of hydrogen-bond donors (Lipinski definition) is 1. The van der Waals surface area contributed by atoms with E-state index in [0.717, 1.165) is 18.0 Å². The molecular formula is C11H20N2O. The molecule has 0 bridgehead atoms. The summed E-state index contributed by atoms with van der Waals surface area (Å²) < 4.78 is 5.10. The third-order valence-corrected chi connectivity index (χ3v) is 2.53. The number of hydrogen-bond acceptors (Lipinski definition) is 3. The average Bonchev–Trinajstić information content (AvgIpc) is 2.44. The minimum atomic E-state index is 0.564. The van der Waals surface area contributed by atoms with Gasteiger partial charge in [-0.25, -0.2) is 0 Å². The Morgan fingerprint density at radius 3 is 2.64 bits per heavy atom. The maximum absolute atomic E-state index is 5.10. The molecule has 0 fully saturated rings. The van der Waals surface area contributed by atoms with Crippen molar-refractivity contribution in [3.05, 3.63) is 17.0 Å². The summed E-state index contributed by atoms with van der Waals surface area (Å²) in [5.41, 5.74) is 2.20. The van der Waals surface area contributed by atoms with Gasteiger partial charge >= 0.3 is 0 Å². The largest absolute Gasteiger partial charge is 0.361 e. The summed E-state index contributed by atoms with van der Waals surface area (Å²) in [6, 6.07) is 0.564. The Bertz CT molecular complexity index is 261. The van der Waals surface area contributed by atoms with Gasteiger partial charge in [0.1, 0.15) is 5.76 Å². The molecule has 1 unspecified atom stereocenters. The molecule has 1 aromatic heterocycles. The lowest BCUT2D eigenvalue weighted by atomic mass is 10.1. The molecule has 0 aliphatic carbocycles. The van der Waals surface area contributed by atoms with Crippen LogP contribution in [0, 0.1) is 13.8 Å². The Balaban J connectivity index is 2.45. The topological polar surface area (TPSA) is 38.1 Å². The first-order chi connectivity index (χ1) is 6.65. The third-order valence-electron chi connectivity index (χ3n) is 2.53. The molecule has 3 heteroatoms. The zero-order valence-electron chi connectivity index (χ0n) is 9.55. The van der Waals surface area contributed by atoms with Gasteiger partial charge in [-0.2, -0.15) is 0 Å². The SMILES string of the molecule is CCCC(C)NCc1c(C)noc1C. The molecule has 0 aliphatic heterocycles. The predicted octanol–water partition coefficient (Wildman–Crippen LogP) is 2.57. The Morgan fingerprint density at radius 1 is 1.43 bits per heavy atom. The van der Waals surface area contributed by atoms with E-state index in [0.29, 0.717) is 6.04 Å². The maximum Gasteiger partial charge on any atom is 0.138 e. The first-order valence-corrected chi connectivity index (χ1v) is 5.30. The van der Waals surface area contributed by atoms with Crippen LogP contribution in [0.1, 0.15) is 43.7 Å². The number of nitrogens with one attached hydrogen (secondary N) is 1. The van der Waals surface area contributed by atoms with E-state index in [9.17, 15) is 0 Å². The van der Waals surface area contributed by atoms with Crippen molar-refractivity contribution in [1.29, 1.82) is 0 Å². The molecule has 1 heterocycles. The van der Waals surface area contributed by atoms with E-state index >= 15 is 0 Å². The summed E-state index contributed by atoms with van der Waals surface area (Å²) in [5.74, 6) is 0.929. The monoisotopic (exact) mass is 196 g/mol. The van der Waals surface area contributed by atoms with Crippen LogP contribution >= 0.6 is 0 Å². The Morgan fingerprint density at radius 2 is 2.14 bits per heavy atom. The number of nitrogens with zero attached hydrogens (tertiary/aromatic N) is 1. The molecule has 0 amide bonds. The van der Waals surface area contributed by atoms with Crippen molar-refractivity contribution in [1.82, 2.24) is 10.5 Å². The smallest absolute Gasteiger partial charge is 0.138 e. The van der Waals surface area contributed by atoms with E-state index in [1.165, 1.54) is 18.4 Å². The van der Waals surface area contributed by atoms with Gasteiger partial charge in [-0.1, -0.05) is 18.5 Å². The number of aryl methyl sites for hydroxylation is 2. The van der Waals surface area contributed by atoms with Crippen LogP contribution in [0.2, 0.25) is 0 Å². The van der Waals surface area contributed by atoms with Crippen LogP contribution in [0.5, 0.6) is 0 Å². The second-order valence-corrected chi connectivity index (χ2v) is 3.87. The van der Waals surface area contributed by atoms with E-state index in [-0.39, 0.29) is 0 Å². The Labute approximate surface area is 85.9 Å². The molecule has 3 nitrogen and oxygen atoms in total. The van der Waals surface area contributed by atoms with Crippen LogP contribution in [0.4, 0.5) is 0 Å². The number of aromatic nitrogens is 1. The van der Waals surface area contributed by atoms with Crippen LogP contribution in [0.15, 0.2) is 4.52 Å². The molecule has 0 spiro atoms. The van der Waals surface area contributed by atoms with Gasteiger partial charge in [0.25, 0.3) is 0 Å². The average molecular weight is 196 g/mol. The van der Waals surface area contributed by atoms with Crippen molar-refractivity contribution >= 4 is 0 Å². The van der Waals surface area contributed by atoms with Crippen molar-refractivity contribution in [2.45, 2.75) is 53.1 Å². The van der Waals surface area contributed by atoms with Crippen LogP contribution < -0.4 is 5.32 Å². The molecule has 0 aliphatic rings. The molecule has 1 aromatic rings. The van der Waals surface area contributed by atoms with E-state index in [1.807, 2.05) is 13.8 Å². The van der Waals surface area contributed by atoms with E-state index in [4.69, 9.17) is 4.52 Å². The first-order valence-electron chi connectivity index (χ1n) is 5.30. The van der Waals surface area contributed by atoms with Gasteiger partial charge in [0.05, 0.1) is 5.69 Å². The predicted molar refractivity (Wildman–Crippen MR) is 57.2 cm³/mol. The highest BCUT2D eigenvalue weighted by Gasteiger charge is 2.09. The van der Waals surface area contributed by atoms with Gasteiger partial charge in [0, 0.05) is 18.2 Å². The normalized spacial score (nSPS) is 13.1. The number of rotatable bonds is 5. The molecule has 0 saturated carbocycles. The molecule has 1 N–H and O–H groups in total. The Kier molecular flexibility index (Phi) is 4.14. The van der Waals surface area contributed by atoms with Gasteiger partial charge in [-0.05, 0) is 27.2 Å². The van der Waals surface area contributed by atoms with Crippen molar-refractivity contribution in [2.75, 3.05) is 0 Å². The third kappa shape index (κ3) is 2.84. The second kappa shape index (κ2) is 5.15. The van der Waals surface area contributed by atoms with Crippen LogP contribution in [0.25, 0.3) is 0 Å². The van der Waals surface area contributed by atoms with Gasteiger partial charge in [-0.3, -0.25) is 0 Å². The highest BCUT2D eigenvalue weighted by molar-refractivity contribution is 5.20. The summed E-state index contributed by atoms with van der Waals surface area (Å²) >= 11 is 0. The van der Waals surface area contributed by atoms with Gasteiger partial charge in [0.2, 0.25) is 0 Å². The summed E-state index contributed by atoms with van der Waals surface area (Å²) in [4.78, 5) is 0. The molecule has 0 saturated heterocycles.